The van der Waals surface area contributed by atoms with Gasteiger partial charge in [0.2, 0.25) is 0 Å². The van der Waals surface area contributed by atoms with Gasteiger partial charge in [0.05, 0.1) is 45.6 Å². The fourth-order valence-corrected chi connectivity index (χ4v) is 10.8. The molecule has 0 saturated heterocycles. The van der Waals surface area contributed by atoms with Crippen molar-refractivity contribution in [1.29, 1.82) is 0 Å². The maximum absolute atomic E-state index is 14.2. The Morgan fingerprint density at radius 2 is 0.619 bits per heavy atom. The molecule has 40 heteroatoms. The summed E-state index contributed by atoms with van der Waals surface area (Å²) in [7, 11) is 3.50. The molecule has 0 radical (unpaired) electrons. The van der Waals surface area contributed by atoms with Crippen LogP contribution < -0.4 is 35.5 Å². The van der Waals surface area contributed by atoms with Gasteiger partial charge in [-0.1, -0.05) is 25.3 Å². The van der Waals surface area contributed by atoms with E-state index in [2.05, 4.69) is 43.9 Å². The minimum absolute atomic E-state index is 0.0145. The van der Waals surface area contributed by atoms with Crippen molar-refractivity contribution in [3.63, 3.8) is 0 Å². The summed E-state index contributed by atoms with van der Waals surface area (Å²) in [6, 6.07) is 39.9. The molecule has 8 aromatic carbocycles. The Labute approximate surface area is 706 Å². The van der Waals surface area contributed by atoms with Crippen LogP contribution in [0.2, 0.25) is 0 Å². The lowest BCUT2D eigenvalue weighted by Gasteiger charge is -2.34. The molecule has 126 heavy (non-hydrogen) atoms. The maximum atomic E-state index is 14.2. The molecule has 2 unspecified atom stereocenters. The molecule has 8 aromatic rings. The average molecular weight is 1790 g/mol. The summed E-state index contributed by atoms with van der Waals surface area (Å²) < 4.78 is 249. The summed E-state index contributed by atoms with van der Waals surface area (Å²) in [5.74, 6) is -44.6. The van der Waals surface area contributed by atoms with Crippen LogP contribution in [-0.4, -0.2) is 177 Å². The molecule has 0 aliphatic heterocycles. The molecule has 672 valence electrons. The van der Waals surface area contributed by atoms with Crippen molar-refractivity contribution in [2.75, 3.05) is 75.0 Å². The van der Waals surface area contributed by atoms with Gasteiger partial charge < -0.3 is 74.1 Å². The zero-order valence-corrected chi connectivity index (χ0v) is 67.2. The number of amides is 2. The van der Waals surface area contributed by atoms with Crippen molar-refractivity contribution in [2.45, 2.75) is 101 Å². The SMILES string of the molecule is C=C(C)C(=O)OCCOC(=O)c1ccc(Oc2ccc(C(=O)OCCOC(=O)C(=C)C)c(C(=O)Nc3ccc(Oc4ccc(NC)cc4)cc3)c2)cc1C(C)=O.CNc1ccc(Oc2ccc(NC(=O)c3cc(-c4ccc(C(=O)OCC(O)CC(F)(F)C(F)(F)C(C)(F)F)c(C(C)=O)c4)ccc3C(=O)OCC(O)CC(F)(F)C(F)(F)C(F)(F)C(F)(F)F)cc2)cc1. The van der Waals surface area contributed by atoms with Crippen LogP contribution >= 0.6 is 0 Å². The topological polar surface area (TPSA) is 342 Å². The number of aliphatic hydroxyl groups excluding tert-OH is 2. The first-order chi connectivity index (χ1) is 58.8. The predicted octanol–water partition coefficient (Wildman–Crippen LogP) is 18.2. The summed E-state index contributed by atoms with van der Waals surface area (Å²) >= 11 is 0. The van der Waals surface area contributed by atoms with Crippen molar-refractivity contribution in [1.82, 2.24) is 0 Å². The largest absolute Gasteiger partial charge is 0.460 e. The molecule has 0 aliphatic carbocycles. The minimum atomic E-state index is -7.28. The number of ketones is 2. The van der Waals surface area contributed by atoms with E-state index < -0.39 is 168 Å². The molecule has 0 heterocycles. The summed E-state index contributed by atoms with van der Waals surface area (Å²) in [6.07, 6.45) is -17.9. The zero-order valence-electron chi connectivity index (χ0n) is 67.2. The first-order valence-corrected chi connectivity index (χ1v) is 36.9. The molecule has 2 amide bonds. The Hall–Kier alpha value is -13.8. The lowest BCUT2D eigenvalue weighted by molar-refractivity contribution is -0.398. The number of alkyl halides is 15. The Morgan fingerprint density at radius 1 is 0.341 bits per heavy atom. The zero-order chi connectivity index (χ0) is 93.8. The van der Waals surface area contributed by atoms with E-state index in [0.717, 1.165) is 54.7 Å². The second kappa shape index (κ2) is 42.1. The normalized spacial score (nSPS) is 12.2. The number of rotatable bonds is 39. The lowest BCUT2D eigenvalue weighted by Crippen LogP contribution is -2.61. The number of carbonyl (C=O) groups is 10. The van der Waals surface area contributed by atoms with Gasteiger partial charge in [-0.3, -0.25) is 19.2 Å². The fraction of sp³-hybridized carbons (Fsp3) is 0.279. The standard InChI is InChI=1S/C44H37F15N2O9.C42H40N2O12/c1-22(62)33-16-23(4-14-31(33)36(66)68-20-27(63)18-39(47,48)41(51,52)38(2,45)46)24-5-15-32(37(67)69-21-28(64)19-40(49,50)42(53,54)43(55,56)44(57,58)59)34(17-24)35(65)61-26-8-12-30(13-9-26)70-29-10-6-25(60-3)7-11-29;1-25(2)39(47)51-19-21-53-41(49)34-17-15-32(23-36(34)27(5)45)56-33-16-18-35(42(50)54-22-20-52-40(48)26(3)4)37(24-33)38(46)44-29-9-13-31(14-10-29)55-30-11-7-28(43-6)8-12-30/h4-17,27-28,60,63-64H,18-21H2,1-3H3,(H,61,65);7-18,23-24,43H,1,3,19-22H2,2,4-6H3,(H,44,46). The first-order valence-electron chi connectivity index (χ1n) is 36.9. The van der Waals surface area contributed by atoms with Gasteiger partial charge in [0, 0.05) is 78.9 Å². The summed E-state index contributed by atoms with van der Waals surface area (Å²) in [5, 5.41) is 30.9. The highest BCUT2D eigenvalue weighted by atomic mass is 19.4. The van der Waals surface area contributed by atoms with Gasteiger partial charge in [-0.2, -0.15) is 65.9 Å². The Morgan fingerprint density at radius 3 is 0.952 bits per heavy atom. The van der Waals surface area contributed by atoms with Crippen LogP contribution in [0.15, 0.2) is 194 Å². The fourth-order valence-electron chi connectivity index (χ4n) is 10.8. The third-order valence-corrected chi connectivity index (χ3v) is 17.5. The molecule has 25 nitrogen and oxygen atoms in total. The van der Waals surface area contributed by atoms with Crippen LogP contribution in [0.1, 0.15) is 130 Å². The number of nitrogens with one attached hydrogen (secondary N) is 4. The number of halogens is 15. The highest BCUT2D eigenvalue weighted by Crippen LogP contribution is 2.55. The lowest BCUT2D eigenvalue weighted by atomic mass is 9.94. The van der Waals surface area contributed by atoms with Crippen LogP contribution in [0.4, 0.5) is 88.6 Å². The van der Waals surface area contributed by atoms with Gasteiger partial charge in [0.25, 0.3) is 11.8 Å². The molecule has 8 rings (SSSR count). The van der Waals surface area contributed by atoms with Crippen LogP contribution in [0, 0.1) is 0 Å². The number of anilines is 4. The van der Waals surface area contributed by atoms with Crippen molar-refractivity contribution in [3.05, 3.63) is 239 Å². The second-order valence-electron chi connectivity index (χ2n) is 27.4. The molecule has 0 aromatic heterocycles. The number of esters is 6. The molecule has 2 atom stereocenters. The van der Waals surface area contributed by atoms with Crippen molar-refractivity contribution >= 4 is 81.9 Å². The number of aliphatic hydroxyl groups is 2. The molecule has 6 N–H and O–H groups in total. The van der Waals surface area contributed by atoms with E-state index in [1.165, 1.54) is 81.4 Å². The molecule has 0 bridgehead atoms. The summed E-state index contributed by atoms with van der Waals surface area (Å²) in [6.45, 7) is 7.45. The highest BCUT2D eigenvalue weighted by Gasteiger charge is 2.81. The summed E-state index contributed by atoms with van der Waals surface area (Å²) in [4.78, 5) is 128. The van der Waals surface area contributed by atoms with E-state index in [1.807, 2.05) is 19.2 Å². The predicted molar refractivity (Wildman–Crippen MR) is 421 cm³/mol. The molecular weight excluding hydrogens is 1710 g/mol. The third kappa shape index (κ3) is 25.9. The van der Waals surface area contributed by atoms with Crippen molar-refractivity contribution < 1.29 is 167 Å². The van der Waals surface area contributed by atoms with Gasteiger partial charge in [0.1, 0.15) is 74.1 Å². The van der Waals surface area contributed by atoms with Crippen LogP contribution in [0.3, 0.4) is 0 Å². The smallest absolute Gasteiger partial charge is 0.459 e. The summed E-state index contributed by atoms with van der Waals surface area (Å²) in [5.41, 5.74) is -0.567. The minimum Gasteiger partial charge on any atom is -0.459 e. The number of ether oxygens (including phenoxy) is 9. The quantitative estimate of drug-likeness (QED) is 0.00520. The van der Waals surface area contributed by atoms with E-state index in [-0.39, 0.29) is 93.9 Å². The Balaban J connectivity index is 0.000000354. The van der Waals surface area contributed by atoms with E-state index in [1.54, 1.807) is 67.7 Å². The molecule has 0 spiro atoms. The van der Waals surface area contributed by atoms with Crippen LogP contribution in [-0.2, 0) is 38.0 Å². The first kappa shape index (κ1) is 99.3. The van der Waals surface area contributed by atoms with Crippen molar-refractivity contribution in [3.8, 4) is 45.6 Å². The van der Waals surface area contributed by atoms with Gasteiger partial charge in [-0.05, 0) is 197 Å². The van der Waals surface area contributed by atoms with Gasteiger partial charge in [-0.15, -0.1) is 0 Å². The third-order valence-electron chi connectivity index (χ3n) is 17.5. The average Bonchev–Trinajstić information content (AvgIpc) is 0.740. The number of benzene rings is 8. The van der Waals surface area contributed by atoms with Crippen LogP contribution in [0.5, 0.6) is 34.5 Å². The van der Waals surface area contributed by atoms with E-state index in [4.69, 9.17) is 33.2 Å². The van der Waals surface area contributed by atoms with Gasteiger partial charge in [0.15, 0.2) is 11.6 Å². The molecular formula is C86H77F15N4O21. The van der Waals surface area contributed by atoms with E-state index >= 15 is 0 Å². The van der Waals surface area contributed by atoms with Gasteiger partial charge in [-0.25, -0.2) is 28.8 Å². The maximum Gasteiger partial charge on any atom is 0.460 e. The number of hydrogen-bond donors (Lipinski definition) is 6. The van der Waals surface area contributed by atoms with Crippen molar-refractivity contribution in [2.24, 2.45) is 0 Å². The Bertz CT molecular complexity index is 5340. The second-order valence-corrected chi connectivity index (χ2v) is 27.4. The van der Waals surface area contributed by atoms with Gasteiger partial charge >= 0.3 is 77.5 Å². The number of hydrogen-bond acceptors (Lipinski definition) is 23. The number of carbonyl (C=O) groups excluding carboxylic acids is 10. The molecule has 0 saturated carbocycles. The number of Topliss-reactive ketones (excluding diaryl/α,β-unsaturated/α-hetero) is 2. The van der Waals surface area contributed by atoms with E-state index in [0.29, 0.717) is 22.9 Å². The Kier molecular flexibility index (Phi) is 33.2. The van der Waals surface area contributed by atoms with Crippen LogP contribution in [0.25, 0.3) is 11.1 Å². The molecule has 0 fully saturated rings. The molecule has 0 aliphatic rings. The highest BCUT2D eigenvalue weighted by molar-refractivity contribution is 6.13. The monoisotopic (exact) mass is 1790 g/mol. The van der Waals surface area contributed by atoms with E-state index in [9.17, 15) is 124 Å².